The van der Waals surface area contributed by atoms with Gasteiger partial charge in [-0.2, -0.15) is 0 Å². The van der Waals surface area contributed by atoms with Gasteiger partial charge in [-0.1, -0.05) is 6.07 Å². The Labute approximate surface area is 92.8 Å². The summed E-state index contributed by atoms with van der Waals surface area (Å²) < 4.78 is 18.2. The number of hydrogen-bond acceptors (Lipinski definition) is 3. The van der Waals surface area contributed by atoms with Crippen LogP contribution >= 0.6 is 0 Å². The Morgan fingerprint density at radius 1 is 1.56 bits per heavy atom. The molecular weight excluding hydrogens is 211 g/mol. The van der Waals surface area contributed by atoms with Crippen LogP contribution < -0.4 is 10.6 Å². The first-order valence-electron chi connectivity index (χ1n) is 5.08. The standard InChI is InChI=1S/C11H13FN2O2/c12-8-2-1-3-9(4-8)14-10(5-13)6-16-7-11(14)15/h1-4,10H,5-7,13H2. The van der Waals surface area contributed by atoms with Crippen LogP contribution in [-0.2, 0) is 9.53 Å². The normalized spacial score (nSPS) is 21.2. The summed E-state index contributed by atoms with van der Waals surface area (Å²) in [5.41, 5.74) is 6.09. The number of halogens is 1. The molecule has 5 heteroatoms. The van der Waals surface area contributed by atoms with E-state index in [1.54, 1.807) is 12.1 Å². The number of benzene rings is 1. The zero-order valence-corrected chi connectivity index (χ0v) is 8.73. The molecule has 1 aliphatic rings. The average Bonchev–Trinajstić information content (AvgIpc) is 2.28. The first-order chi connectivity index (χ1) is 7.72. The van der Waals surface area contributed by atoms with Crippen LogP contribution in [-0.4, -0.2) is 31.7 Å². The van der Waals surface area contributed by atoms with Crippen LogP contribution in [0.1, 0.15) is 0 Å². The minimum Gasteiger partial charge on any atom is -0.369 e. The maximum Gasteiger partial charge on any atom is 0.253 e. The summed E-state index contributed by atoms with van der Waals surface area (Å²) in [4.78, 5) is 13.2. The van der Waals surface area contributed by atoms with Gasteiger partial charge in [0.25, 0.3) is 5.91 Å². The topological polar surface area (TPSA) is 55.6 Å². The number of rotatable bonds is 2. The Morgan fingerprint density at radius 2 is 2.38 bits per heavy atom. The number of ether oxygens (including phenoxy) is 1. The molecule has 1 fully saturated rings. The monoisotopic (exact) mass is 224 g/mol. The van der Waals surface area contributed by atoms with Gasteiger partial charge in [-0.15, -0.1) is 0 Å². The van der Waals surface area contributed by atoms with E-state index in [2.05, 4.69) is 0 Å². The van der Waals surface area contributed by atoms with Crippen molar-refractivity contribution in [3.8, 4) is 0 Å². The maximum atomic E-state index is 13.1. The van der Waals surface area contributed by atoms with E-state index in [9.17, 15) is 9.18 Å². The van der Waals surface area contributed by atoms with Crippen molar-refractivity contribution >= 4 is 11.6 Å². The minimum atomic E-state index is -0.368. The molecule has 2 N–H and O–H groups in total. The van der Waals surface area contributed by atoms with E-state index >= 15 is 0 Å². The van der Waals surface area contributed by atoms with Gasteiger partial charge in [0.2, 0.25) is 0 Å². The third kappa shape index (κ3) is 2.05. The highest BCUT2D eigenvalue weighted by Crippen LogP contribution is 2.20. The molecule has 0 radical (unpaired) electrons. The fraction of sp³-hybridized carbons (Fsp3) is 0.364. The lowest BCUT2D eigenvalue weighted by Gasteiger charge is -2.34. The summed E-state index contributed by atoms with van der Waals surface area (Å²) in [5, 5.41) is 0. The molecule has 1 amide bonds. The fourth-order valence-corrected chi connectivity index (χ4v) is 1.78. The van der Waals surface area contributed by atoms with Gasteiger partial charge in [-0.05, 0) is 18.2 Å². The van der Waals surface area contributed by atoms with Crippen molar-refractivity contribution in [1.29, 1.82) is 0 Å². The second-order valence-electron chi connectivity index (χ2n) is 3.65. The number of carbonyl (C=O) groups is 1. The van der Waals surface area contributed by atoms with Crippen molar-refractivity contribution in [2.45, 2.75) is 6.04 Å². The van der Waals surface area contributed by atoms with E-state index in [0.29, 0.717) is 18.8 Å². The molecule has 1 aromatic rings. The fourth-order valence-electron chi connectivity index (χ4n) is 1.78. The lowest BCUT2D eigenvalue weighted by molar-refractivity contribution is -0.127. The molecule has 1 aliphatic heterocycles. The second-order valence-corrected chi connectivity index (χ2v) is 3.65. The number of anilines is 1. The Hall–Kier alpha value is -1.46. The number of morpholine rings is 1. The predicted molar refractivity (Wildman–Crippen MR) is 57.5 cm³/mol. The molecule has 1 aromatic carbocycles. The highest BCUT2D eigenvalue weighted by Gasteiger charge is 2.29. The second kappa shape index (κ2) is 4.59. The van der Waals surface area contributed by atoms with Gasteiger partial charge in [0.15, 0.2) is 0 Å². The molecule has 1 saturated heterocycles. The molecular formula is C11H13FN2O2. The number of nitrogens with two attached hydrogens (primary N) is 1. The smallest absolute Gasteiger partial charge is 0.253 e. The molecule has 0 aromatic heterocycles. The minimum absolute atomic E-state index is 0.0208. The highest BCUT2D eigenvalue weighted by atomic mass is 19.1. The van der Waals surface area contributed by atoms with Crippen LogP contribution in [0.5, 0.6) is 0 Å². The van der Waals surface area contributed by atoms with Crippen LogP contribution in [0.3, 0.4) is 0 Å². The summed E-state index contributed by atoms with van der Waals surface area (Å²) in [5.74, 6) is -0.556. The van der Waals surface area contributed by atoms with E-state index in [0.717, 1.165) is 0 Å². The van der Waals surface area contributed by atoms with Gasteiger partial charge in [0.1, 0.15) is 12.4 Å². The van der Waals surface area contributed by atoms with Gasteiger partial charge in [0, 0.05) is 12.2 Å². The number of carbonyl (C=O) groups excluding carboxylic acids is 1. The zero-order chi connectivity index (χ0) is 11.5. The van der Waals surface area contributed by atoms with Crippen molar-refractivity contribution in [2.24, 2.45) is 5.73 Å². The van der Waals surface area contributed by atoms with Gasteiger partial charge < -0.3 is 15.4 Å². The Morgan fingerprint density at radius 3 is 3.06 bits per heavy atom. The van der Waals surface area contributed by atoms with E-state index in [4.69, 9.17) is 10.5 Å². The Kier molecular flexibility index (Phi) is 3.17. The Bertz CT molecular complexity index is 397. The first-order valence-corrected chi connectivity index (χ1v) is 5.08. The van der Waals surface area contributed by atoms with Gasteiger partial charge >= 0.3 is 0 Å². The third-order valence-corrected chi connectivity index (χ3v) is 2.53. The van der Waals surface area contributed by atoms with Crippen LogP contribution in [0.25, 0.3) is 0 Å². The van der Waals surface area contributed by atoms with Crippen molar-refractivity contribution < 1.29 is 13.9 Å². The zero-order valence-electron chi connectivity index (χ0n) is 8.73. The van der Waals surface area contributed by atoms with E-state index in [-0.39, 0.29) is 24.4 Å². The van der Waals surface area contributed by atoms with Crippen molar-refractivity contribution in [2.75, 3.05) is 24.7 Å². The molecule has 4 nitrogen and oxygen atoms in total. The van der Waals surface area contributed by atoms with Crippen LogP contribution in [0.4, 0.5) is 10.1 Å². The van der Waals surface area contributed by atoms with Gasteiger partial charge in [-0.25, -0.2) is 4.39 Å². The van der Waals surface area contributed by atoms with Crippen molar-refractivity contribution in [3.05, 3.63) is 30.1 Å². The first kappa shape index (κ1) is 11.0. The lowest BCUT2D eigenvalue weighted by Crippen LogP contribution is -2.53. The molecule has 0 aliphatic carbocycles. The van der Waals surface area contributed by atoms with Crippen LogP contribution in [0.15, 0.2) is 24.3 Å². The summed E-state index contributed by atoms with van der Waals surface area (Å²) in [6.07, 6.45) is 0. The largest absolute Gasteiger partial charge is 0.369 e. The SMILES string of the molecule is NCC1COCC(=O)N1c1cccc(F)c1. The lowest BCUT2D eigenvalue weighted by atomic mass is 10.2. The quantitative estimate of drug-likeness (QED) is 0.796. The molecule has 0 saturated carbocycles. The summed E-state index contributed by atoms with van der Waals surface area (Å²) in [6.45, 7) is 0.702. The van der Waals surface area contributed by atoms with E-state index < -0.39 is 0 Å². The summed E-state index contributed by atoms with van der Waals surface area (Å²) in [7, 11) is 0. The summed E-state index contributed by atoms with van der Waals surface area (Å²) in [6, 6.07) is 5.70. The number of amides is 1. The number of nitrogens with zero attached hydrogens (tertiary/aromatic N) is 1. The molecule has 86 valence electrons. The molecule has 0 spiro atoms. The van der Waals surface area contributed by atoms with E-state index in [1.165, 1.54) is 17.0 Å². The van der Waals surface area contributed by atoms with E-state index in [1.807, 2.05) is 0 Å². The van der Waals surface area contributed by atoms with Gasteiger partial charge in [0.05, 0.1) is 12.6 Å². The molecule has 1 unspecified atom stereocenters. The average molecular weight is 224 g/mol. The Balaban J connectivity index is 2.31. The third-order valence-electron chi connectivity index (χ3n) is 2.53. The molecule has 16 heavy (non-hydrogen) atoms. The molecule has 2 rings (SSSR count). The molecule has 0 bridgehead atoms. The maximum absolute atomic E-state index is 13.1. The number of hydrogen-bond donors (Lipinski definition) is 1. The van der Waals surface area contributed by atoms with Crippen molar-refractivity contribution in [1.82, 2.24) is 0 Å². The van der Waals surface area contributed by atoms with Gasteiger partial charge in [-0.3, -0.25) is 4.79 Å². The summed E-state index contributed by atoms with van der Waals surface area (Å²) >= 11 is 0. The molecule has 1 heterocycles. The highest BCUT2D eigenvalue weighted by molar-refractivity contribution is 5.95. The van der Waals surface area contributed by atoms with Crippen LogP contribution in [0, 0.1) is 5.82 Å². The van der Waals surface area contributed by atoms with Crippen LogP contribution in [0.2, 0.25) is 0 Å². The van der Waals surface area contributed by atoms with Crippen molar-refractivity contribution in [3.63, 3.8) is 0 Å². The molecule has 1 atom stereocenters. The predicted octanol–water partition coefficient (Wildman–Crippen LogP) is 0.516.